The predicted octanol–water partition coefficient (Wildman–Crippen LogP) is 1.38. The van der Waals surface area contributed by atoms with Gasteiger partial charge >= 0.3 is 0 Å². The monoisotopic (exact) mass is 307 g/mol. The highest BCUT2D eigenvalue weighted by Gasteiger charge is 2.16. The van der Waals surface area contributed by atoms with Crippen LogP contribution in [-0.4, -0.2) is 29.3 Å². The molecule has 3 aromatic heterocycles. The number of nitrogens with zero attached hydrogens (tertiary/aromatic N) is 6. The minimum atomic E-state index is 0.309. The van der Waals surface area contributed by atoms with E-state index in [0.717, 1.165) is 22.1 Å². The Morgan fingerprint density at radius 1 is 1.39 bits per heavy atom. The Balaban J connectivity index is 2.37. The molecular weight excluding hydrogens is 298 g/mol. The lowest BCUT2D eigenvalue weighted by molar-refractivity contribution is 0.705. The normalized spacial score (nSPS) is 11.2. The topological polar surface area (TPSA) is 87.4 Å². The lowest BCUT2D eigenvalue weighted by Crippen LogP contribution is -2.10. The van der Waals surface area contributed by atoms with Gasteiger partial charge in [0, 0.05) is 12.7 Å². The Labute approximate surface area is 111 Å². The summed E-state index contributed by atoms with van der Waals surface area (Å²) in [6, 6.07) is 0. The number of aromatic nitrogens is 6. The first-order chi connectivity index (χ1) is 8.72. The molecule has 0 atom stereocenters. The highest BCUT2D eigenvalue weighted by atomic mass is 79.9. The highest BCUT2D eigenvalue weighted by Crippen LogP contribution is 2.25. The molecule has 0 unspecified atom stereocenters. The van der Waals surface area contributed by atoms with Gasteiger partial charge in [0.2, 0.25) is 11.9 Å². The van der Waals surface area contributed by atoms with E-state index in [1.165, 1.54) is 11.0 Å². The molecule has 0 aliphatic rings. The minimum absolute atomic E-state index is 0.309. The van der Waals surface area contributed by atoms with E-state index < -0.39 is 0 Å². The van der Waals surface area contributed by atoms with Crippen LogP contribution in [0, 0.1) is 0 Å². The van der Waals surface area contributed by atoms with Crippen molar-refractivity contribution in [1.82, 2.24) is 29.3 Å². The fourth-order valence-corrected chi connectivity index (χ4v) is 2.44. The third kappa shape index (κ3) is 1.49. The van der Waals surface area contributed by atoms with E-state index >= 15 is 0 Å². The number of pyridine rings is 1. The van der Waals surface area contributed by atoms with Crippen molar-refractivity contribution >= 4 is 32.9 Å². The third-order valence-corrected chi connectivity index (χ3v) is 3.25. The molecule has 18 heavy (non-hydrogen) atoms. The molecule has 0 amide bonds. The van der Waals surface area contributed by atoms with Gasteiger partial charge in [0.05, 0.1) is 16.2 Å². The number of aryl methyl sites for hydroxylation is 1. The van der Waals surface area contributed by atoms with Crippen molar-refractivity contribution in [2.45, 2.75) is 13.5 Å². The molecule has 2 N–H and O–H groups in total. The average molecular weight is 308 g/mol. The molecule has 0 spiro atoms. The number of nitrogens with two attached hydrogens (primary N) is 1. The van der Waals surface area contributed by atoms with Crippen LogP contribution in [0.25, 0.3) is 17.0 Å². The minimum Gasteiger partial charge on any atom is -0.368 e. The number of hydrogen-bond donors (Lipinski definition) is 1. The summed E-state index contributed by atoms with van der Waals surface area (Å²) in [6.07, 6.45) is 4.86. The van der Waals surface area contributed by atoms with E-state index in [4.69, 9.17) is 5.73 Å². The molecule has 0 fully saturated rings. The molecular formula is C10H10BrN7. The first kappa shape index (κ1) is 11.1. The fourth-order valence-electron chi connectivity index (χ4n) is 1.90. The molecule has 8 heteroatoms. The molecule has 0 aliphatic carbocycles. The summed E-state index contributed by atoms with van der Waals surface area (Å²) in [7, 11) is 0. The summed E-state index contributed by atoms with van der Waals surface area (Å²) in [5.74, 6) is 0.945. The summed E-state index contributed by atoms with van der Waals surface area (Å²) in [5, 5.41) is 4.08. The largest absolute Gasteiger partial charge is 0.368 e. The standard InChI is InChI=1S/C10H10BrN7/c1-2-17-8-6(11)3-13-4-7(8)16-10(17)18-9(12)14-5-15-18/h3-5H,2H2,1H3,(H2,12,14,15). The first-order valence-corrected chi connectivity index (χ1v) is 6.17. The Morgan fingerprint density at radius 3 is 2.89 bits per heavy atom. The first-order valence-electron chi connectivity index (χ1n) is 5.38. The van der Waals surface area contributed by atoms with Crippen LogP contribution >= 0.6 is 15.9 Å². The molecule has 0 aromatic carbocycles. The molecule has 7 nitrogen and oxygen atoms in total. The van der Waals surface area contributed by atoms with Gasteiger partial charge in [0.1, 0.15) is 11.8 Å². The summed E-state index contributed by atoms with van der Waals surface area (Å²) in [6.45, 7) is 2.78. The quantitative estimate of drug-likeness (QED) is 0.772. The zero-order chi connectivity index (χ0) is 12.7. The lowest BCUT2D eigenvalue weighted by atomic mass is 10.4. The lowest BCUT2D eigenvalue weighted by Gasteiger charge is -2.06. The molecule has 3 rings (SSSR count). The van der Waals surface area contributed by atoms with Gasteiger partial charge in [-0.1, -0.05) is 0 Å². The van der Waals surface area contributed by atoms with Crippen LogP contribution in [0.3, 0.4) is 0 Å². The number of anilines is 1. The van der Waals surface area contributed by atoms with E-state index in [9.17, 15) is 0 Å². The van der Waals surface area contributed by atoms with Gasteiger partial charge < -0.3 is 10.3 Å². The molecule has 0 aliphatic heterocycles. The Hall–Kier alpha value is -1.96. The van der Waals surface area contributed by atoms with Crippen LogP contribution in [0.2, 0.25) is 0 Å². The van der Waals surface area contributed by atoms with Gasteiger partial charge in [0.15, 0.2) is 0 Å². The van der Waals surface area contributed by atoms with Crippen molar-refractivity contribution in [2.75, 3.05) is 5.73 Å². The summed E-state index contributed by atoms with van der Waals surface area (Å²) in [4.78, 5) is 12.5. The molecule has 0 saturated carbocycles. The van der Waals surface area contributed by atoms with Crippen LogP contribution in [-0.2, 0) is 6.54 Å². The average Bonchev–Trinajstić information content (AvgIpc) is 2.92. The van der Waals surface area contributed by atoms with Crippen molar-refractivity contribution in [1.29, 1.82) is 0 Å². The SMILES string of the molecule is CCn1c(-n2ncnc2N)nc2cncc(Br)c21. The number of nitrogen functional groups attached to an aromatic ring is 1. The molecule has 3 heterocycles. The molecule has 0 radical (unpaired) electrons. The zero-order valence-corrected chi connectivity index (χ0v) is 11.2. The fraction of sp³-hybridized carbons (Fsp3) is 0.200. The summed E-state index contributed by atoms with van der Waals surface area (Å²) in [5.41, 5.74) is 7.52. The second-order valence-electron chi connectivity index (χ2n) is 3.68. The van der Waals surface area contributed by atoms with Crippen molar-refractivity contribution in [3.8, 4) is 5.95 Å². The van der Waals surface area contributed by atoms with Gasteiger partial charge in [-0.05, 0) is 22.9 Å². The molecule has 3 aromatic rings. The smallest absolute Gasteiger partial charge is 0.235 e. The predicted molar refractivity (Wildman–Crippen MR) is 70.2 cm³/mol. The van der Waals surface area contributed by atoms with Crippen LogP contribution in [0.15, 0.2) is 23.2 Å². The van der Waals surface area contributed by atoms with Crippen molar-refractivity contribution in [2.24, 2.45) is 0 Å². The van der Waals surface area contributed by atoms with Crippen LogP contribution < -0.4 is 5.73 Å². The van der Waals surface area contributed by atoms with Crippen LogP contribution in [0.4, 0.5) is 5.95 Å². The van der Waals surface area contributed by atoms with Crippen LogP contribution in [0.5, 0.6) is 0 Å². The Bertz CT molecular complexity index is 714. The maximum absolute atomic E-state index is 5.76. The summed E-state index contributed by atoms with van der Waals surface area (Å²) < 4.78 is 4.40. The second-order valence-corrected chi connectivity index (χ2v) is 4.53. The van der Waals surface area contributed by atoms with Crippen LogP contribution in [0.1, 0.15) is 6.92 Å². The number of fused-ring (bicyclic) bond motifs is 1. The van der Waals surface area contributed by atoms with E-state index in [2.05, 4.69) is 36.0 Å². The number of rotatable bonds is 2. The van der Waals surface area contributed by atoms with E-state index in [1.54, 1.807) is 12.4 Å². The number of imidazole rings is 1. The Kier molecular flexibility index (Phi) is 2.51. The maximum atomic E-state index is 5.76. The maximum Gasteiger partial charge on any atom is 0.235 e. The van der Waals surface area contributed by atoms with E-state index in [1.807, 2.05) is 11.5 Å². The zero-order valence-electron chi connectivity index (χ0n) is 9.58. The van der Waals surface area contributed by atoms with Crippen molar-refractivity contribution in [3.63, 3.8) is 0 Å². The summed E-state index contributed by atoms with van der Waals surface area (Å²) >= 11 is 3.48. The molecule has 0 bridgehead atoms. The van der Waals surface area contributed by atoms with E-state index in [-0.39, 0.29) is 0 Å². The molecule has 0 saturated heterocycles. The van der Waals surface area contributed by atoms with Gasteiger partial charge in [0.25, 0.3) is 0 Å². The highest BCUT2D eigenvalue weighted by molar-refractivity contribution is 9.10. The van der Waals surface area contributed by atoms with Gasteiger partial charge in [-0.25, -0.2) is 4.98 Å². The number of hydrogen-bond acceptors (Lipinski definition) is 5. The molecule has 92 valence electrons. The van der Waals surface area contributed by atoms with Crippen molar-refractivity contribution < 1.29 is 0 Å². The second kappa shape index (κ2) is 4.05. The van der Waals surface area contributed by atoms with Gasteiger partial charge in [-0.2, -0.15) is 14.8 Å². The third-order valence-electron chi connectivity index (χ3n) is 2.67. The Morgan fingerprint density at radius 2 is 2.22 bits per heavy atom. The number of halogens is 1. The van der Waals surface area contributed by atoms with Gasteiger partial charge in [-0.3, -0.25) is 4.98 Å². The van der Waals surface area contributed by atoms with Crippen molar-refractivity contribution in [3.05, 3.63) is 23.2 Å². The van der Waals surface area contributed by atoms with Gasteiger partial charge in [-0.15, -0.1) is 0 Å². The van der Waals surface area contributed by atoms with E-state index in [0.29, 0.717) is 11.9 Å².